The second kappa shape index (κ2) is 9.84. The van der Waals surface area contributed by atoms with Crippen LogP contribution in [0.25, 0.3) is 0 Å². The van der Waals surface area contributed by atoms with Crippen LogP contribution in [0.4, 0.5) is 10.5 Å². The lowest BCUT2D eigenvalue weighted by molar-refractivity contribution is -0.113. The molecule has 0 aromatic heterocycles. The van der Waals surface area contributed by atoms with Crippen molar-refractivity contribution in [3.05, 3.63) is 18.2 Å². The maximum absolute atomic E-state index is 12.0. The van der Waals surface area contributed by atoms with Gasteiger partial charge in [-0.1, -0.05) is 6.92 Å². The number of thioether (sulfide) groups is 1. The SMILES string of the molecule is CCS(=O)(=O)c1ccc(O)c(NC(=O)CSCCNC(=O)OC(C)(C)C)c1. The van der Waals surface area contributed by atoms with Gasteiger partial charge < -0.3 is 20.5 Å². The number of rotatable bonds is 8. The summed E-state index contributed by atoms with van der Waals surface area (Å²) in [6.45, 7) is 7.15. The molecular weight excluding hydrogens is 392 g/mol. The number of phenolic OH excluding ortho intramolecular Hbond substituents is 1. The highest BCUT2D eigenvalue weighted by molar-refractivity contribution is 8.00. The van der Waals surface area contributed by atoms with Crippen LogP contribution in [0.5, 0.6) is 5.75 Å². The molecule has 0 aliphatic rings. The van der Waals surface area contributed by atoms with Gasteiger partial charge in [0.05, 0.1) is 22.1 Å². The Bertz CT molecular complexity index is 772. The number of carbonyl (C=O) groups excluding carboxylic acids is 2. The van der Waals surface area contributed by atoms with Crippen molar-refractivity contribution in [3.8, 4) is 5.75 Å². The highest BCUT2D eigenvalue weighted by Crippen LogP contribution is 2.27. The van der Waals surface area contributed by atoms with Crippen molar-refractivity contribution in [2.75, 3.05) is 29.1 Å². The van der Waals surface area contributed by atoms with Crippen LogP contribution in [-0.4, -0.2) is 54.9 Å². The summed E-state index contributed by atoms with van der Waals surface area (Å²) in [5.74, 6) is -0.108. The normalized spacial score (nSPS) is 11.7. The minimum Gasteiger partial charge on any atom is -0.506 e. The Morgan fingerprint density at radius 3 is 2.52 bits per heavy atom. The smallest absolute Gasteiger partial charge is 0.407 e. The van der Waals surface area contributed by atoms with Crippen LogP contribution in [0.3, 0.4) is 0 Å². The van der Waals surface area contributed by atoms with Gasteiger partial charge in [0.2, 0.25) is 5.91 Å². The average molecular weight is 419 g/mol. The predicted molar refractivity (Wildman–Crippen MR) is 106 cm³/mol. The second-order valence-electron chi connectivity index (χ2n) is 6.61. The van der Waals surface area contributed by atoms with Crippen LogP contribution in [-0.2, 0) is 19.4 Å². The molecule has 10 heteroatoms. The van der Waals surface area contributed by atoms with Gasteiger partial charge in [-0.3, -0.25) is 4.79 Å². The van der Waals surface area contributed by atoms with Crippen molar-refractivity contribution in [1.29, 1.82) is 0 Å². The third kappa shape index (κ3) is 8.53. The zero-order chi connectivity index (χ0) is 20.7. The average Bonchev–Trinajstić information content (AvgIpc) is 2.54. The number of ether oxygens (including phenoxy) is 1. The fraction of sp³-hybridized carbons (Fsp3) is 0.529. The van der Waals surface area contributed by atoms with E-state index in [0.717, 1.165) is 0 Å². The summed E-state index contributed by atoms with van der Waals surface area (Å²) in [6.07, 6.45) is -0.522. The summed E-state index contributed by atoms with van der Waals surface area (Å²) < 4.78 is 28.9. The standard InChI is InChI=1S/C17H26N2O6S2/c1-5-27(23,24)12-6-7-14(20)13(10-12)19-15(21)11-26-9-8-18-16(22)25-17(2,3)4/h6-7,10,20H,5,8-9,11H2,1-4H3,(H,18,22)(H,19,21). The number of aromatic hydroxyl groups is 1. The molecule has 0 saturated heterocycles. The first-order valence-electron chi connectivity index (χ1n) is 8.35. The zero-order valence-corrected chi connectivity index (χ0v) is 17.5. The summed E-state index contributed by atoms with van der Waals surface area (Å²) in [5.41, 5.74) is -0.527. The van der Waals surface area contributed by atoms with Crippen LogP contribution in [0.15, 0.2) is 23.1 Å². The molecule has 0 aliphatic carbocycles. The van der Waals surface area contributed by atoms with E-state index < -0.39 is 27.4 Å². The maximum atomic E-state index is 12.0. The highest BCUT2D eigenvalue weighted by atomic mass is 32.2. The summed E-state index contributed by atoms with van der Waals surface area (Å²) >= 11 is 1.28. The molecule has 0 bridgehead atoms. The van der Waals surface area contributed by atoms with E-state index >= 15 is 0 Å². The van der Waals surface area contributed by atoms with Gasteiger partial charge in [0.25, 0.3) is 0 Å². The Labute approximate surface area is 164 Å². The van der Waals surface area contributed by atoms with E-state index in [-0.39, 0.29) is 27.8 Å². The number of nitrogens with one attached hydrogen (secondary N) is 2. The Balaban J connectivity index is 2.45. The molecule has 0 spiro atoms. The van der Waals surface area contributed by atoms with Crippen LogP contribution in [0.2, 0.25) is 0 Å². The minimum absolute atomic E-state index is 0.0345. The molecule has 0 fully saturated rings. The lowest BCUT2D eigenvalue weighted by Gasteiger charge is -2.19. The van der Waals surface area contributed by atoms with Crippen molar-refractivity contribution in [3.63, 3.8) is 0 Å². The number of phenols is 1. The van der Waals surface area contributed by atoms with E-state index in [0.29, 0.717) is 12.3 Å². The summed E-state index contributed by atoms with van der Waals surface area (Å²) in [7, 11) is -3.44. The first-order chi connectivity index (χ1) is 12.4. The van der Waals surface area contributed by atoms with E-state index in [1.807, 2.05) is 0 Å². The molecule has 0 saturated carbocycles. The lowest BCUT2D eigenvalue weighted by Crippen LogP contribution is -2.33. The van der Waals surface area contributed by atoms with E-state index in [9.17, 15) is 23.1 Å². The Kier molecular flexibility index (Phi) is 8.42. The fourth-order valence-electron chi connectivity index (χ4n) is 1.87. The van der Waals surface area contributed by atoms with E-state index in [4.69, 9.17) is 4.74 Å². The molecular formula is C17H26N2O6S2. The van der Waals surface area contributed by atoms with Crippen molar-refractivity contribution < 1.29 is 27.9 Å². The minimum atomic E-state index is -3.44. The number of anilines is 1. The molecule has 152 valence electrons. The predicted octanol–water partition coefficient (Wildman–Crippen LogP) is 2.38. The molecule has 1 rings (SSSR count). The lowest BCUT2D eigenvalue weighted by atomic mass is 10.2. The van der Waals surface area contributed by atoms with Gasteiger partial charge in [0.15, 0.2) is 9.84 Å². The van der Waals surface area contributed by atoms with Crippen molar-refractivity contribution >= 4 is 39.3 Å². The Hall–Kier alpha value is -1.94. The first-order valence-corrected chi connectivity index (χ1v) is 11.2. The Morgan fingerprint density at radius 2 is 1.93 bits per heavy atom. The topological polar surface area (TPSA) is 122 Å². The third-order valence-corrected chi connectivity index (χ3v) is 5.82. The first kappa shape index (κ1) is 23.1. The molecule has 0 heterocycles. The number of amides is 2. The molecule has 0 atom stereocenters. The largest absolute Gasteiger partial charge is 0.506 e. The summed E-state index contributed by atoms with van der Waals surface area (Å²) in [5, 5.41) is 14.9. The van der Waals surface area contributed by atoms with Crippen LogP contribution in [0.1, 0.15) is 27.7 Å². The fourth-order valence-corrected chi connectivity index (χ4v) is 3.42. The molecule has 27 heavy (non-hydrogen) atoms. The molecule has 1 aromatic rings. The number of alkyl carbamates (subject to hydrolysis) is 1. The van der Waals surface area contributed by atoms with E-state index in [1.54, 1.807) is 20.8 Å². The van der Waals surface area contributed by atoms with Gasteiger partial charge in [-0.15, -0.1) is 0 Å². The molecule has 3 N–H and O–H groups in total. The molecule has 0 unspecified atom stereocenters. The molecule has 1 aromatic carbocycles. The van der Waals surface area contributed by atoms with Crippen molar-refractivity contribution in [2.24, 2.45) is 0 Å². The van der Waals surface area contributed by atoms with Gasteiger partial charge in [-0.25, -0.2) is 13.2 Å². The van der Waals surface area contributed by atoms with Crippen LogP contribution in [0, 0.1) is 0 Å². The monoisotopic (exact) mass is 418 g/mol. The second-order valence-corrected chi connectivity index (χ2v) is 10.00. The van der Waals surface area contributed by atoms with Gasteiger partial charge in [-0.2, -0.15) is 11.8 Å². The van der Waals surface area contributed by atoms with Gasteiger partial charge in [0, 0.05) is 12.3 Å². The van der Waals surface area contributed by atoms with Crippen LogP contribution < -0.4 is 10.6 Å². The summed E-state index contributed by atoms with van der Waals surface area (Å²) in [4.78, 5) is 23.5. The van der Waals surface area contributed by atoms with Gasteiger partial charge in [-0.05, 0) is 39.0 Å². The quantitative estimate of drug-likeness (QED) is 0.438. The van der Waals surface area contributed by atoms with Gasteiger partial charge >= 0.3 is 6.09 Å². The van der Waals surface area contributed by atoms with Crippen LogP contribution >= 0.6 is 11.8 Å². The van der Waals surface area contributed by atoms with Crippen molar-refractivity contribution in [2.45, 2.75) is 38.2 Å². The molecule has 2 amide bonds. The number of sulfone groups is 1. The molecule has 0 radical (unpaired) electrons. The summed E-state index contributed by atoms with van der Waals surface area (Å²) in [6, 6.07) is 3.76. The number of hydrogen-bond donors (Lipinski definition) is 3. The Morgan fingerprint density at radius 1 is 1.26 bits per heavy atom. The van der Waals surface area contributed by atoms with E-state index in [1.165, 1.54) is 36.9 Å². The highest BCUT2D eigenvalue weighted by Gasteiger charge is 2.16. The number of hydrogen-bond acceptors (Lipinski definition) is 7. The molecule has 8 nitrogen and oxygen atoms in total. The van der Waals surface area contributed by atoms with Gasteiger partial charge in [0.1, 0.15) is 11.4 Å². The third-order valence-electron chi connectivity index (χ3n) is 3.13. The number of benzene rings is 1. The number of carbonyl (C=O) groups is 2. The zero-order valence-electron chi connectivity index (χ0n) is 15.9. The van der Waals surface area contributed by atoms with E-state index in [2.05, 4.69) is 10.6 Å². The maximum Gasteiger partial charge on any atom is 0.407 e. The van der Waals surface area contributed by atoms with Crippen molar-refractivity contribution in [1.82, 2.24) is 5.32 Å². The molecule has 0 aliphatic heterocycles.